The summed E-state index contributed by atoms with van der Waals surface area (Å²) in [4.78, 5) is 23.1. The molecule has 1 saturated heterocycles. The van der Waals surface area contributed by atoms with E-state index in [1.54, 1.807) is 6.20 Å². The number of carbonyl (C=O) groups excluding carboxylic acids is 1. The van der Waals surface area contributed by atoms with Crippen LogP contribution in [-0.4, -0.2) is 64.8 Å². The molecular weight excluding hydrogens is 356 g/mol. The van der Waals surface area contributed by atoms with E-state index in [-0.39, 0.29) is 18.1 Å². The molecule has 0 radical (unpaired) electrons. The monoisotopic (exact) mass is 382 g/mol. The highest BCUT2D eigenvalue weighted by Crippen LogP contribution is 2.18. The zero-order chi connectivity index (χ0) is 19.3. The summed E-state index contributed by atoms with van der Waals surface area (Å²) < 4.78 is 5.17. The third kappa shape index (κ3) is 4.73. The molecule has 0 unspecified atom stereocenters. The second-order valence-corrected chi connectivity index (χ2v) is 7.62. The van der Waals surface area contributed by atoms with Gasteiger partial charge in [0.1, 0.15) is 5.69 Å². The molecule has 2 N–H and O–H groups in total. The lowest BCUT2D eigenvalue weighted by atomic mass is 10.00. The number of fused-ring (bicyclic) bond motifs is 1. The van der Waals surface area contributed by atoms with Crippen molar-refractivity contribution in [2.24, 2.45) is 5.92 Å². The average Bonchev–Trinajstić information content (AvgIpc) is 2.69. The number of hydrogen-bond donors (Lipinski definition) is 2. The number of benzene rings is 1. The van der Waals surface area contributed by atoms with Crippen LogP contribution in [0.1, 0.15) is 27.3 Å². The van der Waals surface area contributed by atoms with Gasteiger partial charge in [0.25, 0.3) is 5.91 Å². The summed E-state index contributed by atoms with van der Waals surface area (Å²) in [7, 11) is 0. The predicted molar refractivity (Wildman–Crippen MR) is 104 cm³/mol. The maximum absolute atomic E-state index is 12.4. The Morgan fingerprint density at radius 3 is 2.89 bits per heavy atom. The van der Waals surface area contributed by atoms with Gasteiger partial charge in [0.15, 0.2) is 0 Å². The van der Waals surface area contributed by atoms with Crippen molar-refractivity contribution in [3.63, 3.8) is 0 Å². The molecule has 1 amide bonds. The number of rotatable bonds is 7. The zero-order valence-corrected chi connectivity index (χ0v) is 15.9. The van der Waals surface area contributed by atoms with Crippen molar-refractivity contribution < 1.29 is 14.6 Å². The molecule has 148 valence electrons. The van der Waals surface area contributed by atoms with E-state index in [9.17, 15) is 9.90 Å². The Hall–Kier alpha value is -2.35. The number of amides is 1. The van der Waals surface area contributed by atoms with Crippen molar-refractivity contribution in [1.29, 1.82) is 0 Å². The molecule has 1 fully saturated rings. The topological polar surface area (TPSA) is 87.6 Å². The second-order valence-electron chi connectivity index (χ2n) is 7.62. The standard InChI is InChI=1S/C21H26N4O3/c26-19(12-25-6-5-16-3-1-2-4-17(16)11-25)9-23-21(27)20-10-22-8-18(24-20)7-15-13-28-14-15/h1-4,8,10,15,19,26H,5-7,9,11-14H2,(H,23,27)/t19-/m0/s1. The van der Waals surface area contributed by atoms with Crippen LogP contribution in [0.15, 0.2) is 36.7 Å². The first kappa shape index (κ1) is 19.0. The SMILES string of the molecule is O=C(NC[C@H](O)CN1CCc2ccccc2C1)c1cncc(CC2COC2)n1. The number of hydrogen-bond acceptors (Lipinski definition) is 6. The Kier molecular flexibility index (Phi) is 5.95. The summed E-state index contributed by atoms with van der Waals surface area (Å²) >= 11 is 0. The Labute approximate surface area is 164 Å². The van der Waals surface area contributed by atoms with Gasteiger partial charge in [-0.25, -0.2) is 4.98 Å². The molecule has 0 aliphatic carbocycles. The van der Waals surface area contributed by atoms with E-state index in [0.29, 0.717) is 12.5 Å². The van der Waals surface area contributed by atoms with Gasteiger partial charge in [0, 0.05) is 38.3 Å². The number of aromatic nitrogens is 2. The summed E-state index contributed by atoms with van der Waals surface area (Å²) in [5.74, 6) is 0.159. The van der Waals surface area contributed by atoms with Crippen molar-refractivity contribution in [2.45, 2.75) is 25.5 Å². The van der Waals surface area contributed by atoms with Crippen LogP contribution >= 0.6 is 0 Å². The zero-order valence-electron chi connectivity index (χ0n) is 15.9. The molecule has 1 aromatic heterocycles. The summed E-state index contributed by atoms with van der Waals surface area (Å²) in [6, 6.07) is 8.41. The molecule has 2 aliphatic rings. The normalized spacial score (nSPS) is 18.2. The molecule has 7 heteroatoms. The number of β-amino-alcohol motifs (C(OH)–C–C–N with tert-alkyl or cyclic N) is 1. The van der Waals surface area contributed by atoms with Crippen LogP contribution in [0.3, 0.4) is 0 Å². The Bertz CT molecular complexity index is 825. The van der Waals surface area contributed by atoms with E-state index in [1.165, 1.54) is 17.3 Å². The molecule has 4 rings (SSSR count). The van der Waals surface area contributed by atoms with Crippen LogP contribution in [0.2, 0.25) is 0 Å². The highest BCUT2D eigenvalue weighted by atomic mass is 16.5. The van der Waals surface area contributed by atoms with Crippen molar-refractivity contribution in [3.8, 4) is 0 Å². The number of aliphatic hydroxyl groups excluding tert-OH is 1. The minimum absolute atomic E-state index is 0.194. The number of ether oxygens (including phenoxy) is 1. The molecule has 0 bridgehead atoms. The third-order valence-corrected chi connectivity index (χ3v) is 5.30. The first-order chi connectivity index (χ1) is 13.7. The first-order valence-corrected chi connectivity index (χ1v) is 9.81. The van der Waals surface area contributed by atoms with E-state index < -0.39 is 6.10 Å². The van der Waals surface area contributed by atoms with Crippen molar-refractivity contribution in [3.05, 3.63) is 59.2 Å². The van der Waals surface area contributed by atoms with E-state index in [2.05, 4.69) is 38.4 Å². The van der Waals surface area contributed by atoms with Crippen LogP contribution in [0.4, 0.5) is 0 Å². The number of carbonyl (C=O) groups is 1. The lowest BCUT2D eigenvalue weighted by Gasteiger charge is -2.30. The van der Waals surface area contributed by atoms with Crippen LogP contribution in [0.5, 0.6) is 0 Å². The molecule has 3 heterocycles. The summed E-state index contributed by atoms with van der Waals surface area (Å²) in [6.45, 7) is 3.96. The Balaban J connectivity index is 1.25. The number of aliphatic hydroxyl groups is 1. The fourth-order valence-electron chi connectivity index (χ4n) is 3.69. The van der Waals surface area contributed by atoms with Crippen LogP contribution < -0.4 is 5.32 Å². The van der Waals surface area contributed by atoms with Gasteiger partial charge in [-0.2, -0.15) is 0 Å². The lowest BCUT2D eigenvalue weighted by molar-refractivity contribution is -0.0316. The fourth-order valence-corrected chi connectivity index (χ4v) is 3.69. The summed E-state index contributed by atoms with van der Waals surface area (Å²) in [5.41, 5.74) is 3.78. The highest BCUT2D eigenvalue weighted by molar-refractivity contribution is 5.91. The summed E-state index contributed by atoms with van der Waals surface area (Å²) in [5, 5.41) is 13.1. The van der Waals surface area contributed by atoms with Gasteiger partial charge in [-0.3, -0.25) is 14.7 Å². The first-order valence-electron chi connectivity index (χ1n) is 9.81. The number of nitrogens with one attached hydrogen (secondary N) is 1. The number of nitrogens with zero attached hydrogens (tertiary/aromatic N) is 3. The van der Waals surface area contributed by atoms with Gasteiger partial charge >= 0.3 is 0 Å². The third-order valence-electron chi connectivity index (χ3n) is 5.30. The minimum Gasteiger partial charge on any atom is -0.390 e. The highest BCUT2D eigenvalue weighted by Gasteiger charge is 2.21. The smallest absolute Gasteiger partial charge is 0.271 e. The van der Waals surface area contributed by atoms with Gasteiger partial charge in [-0.05, 0) is 24.0 Å². The predicted octanol–water partition coefficient (Wildman–Crippen LogP) is 0.814. The molecular formula is C21H26N4O3. The Morgan fingerprint density at radius 1 is 1.29 bits per heavy atom. The van der Waals surface area contributed by atoms with E-state index in [4.69, 9.17) is 4.74 Å². The van der Waals surface area contributed by atoms with Crippen molar-refractivity contribution in [1.82, 2.24) is 20.2 Å². The Morgan fingerprint density at radius 2 is 2.11 bits per heavy atom. The van der Waals surface area contributed by atoms with Crippen molar-refractivity contribution in [2.75, 3.05) is 32.8 Å². The molecule has 1 aromatic carbocycles. The van der Waals surface area contributed by atoms with E-state index >= 15 is 0 Å². The quantitative estimate of drug-likeness (QED) is 0.737. The van der Waals surface area contributed by atoms with Gasteiger partial charge in [-0.1, -0.05) is 24.3 Å². The van der Waals surface area contributed by atoms with Gasteiger partial charge in [0.05, 0.1) is 31.2 Å². The molecule has 28 heavy (non-hydrogen) atoms. The van der Waals surface area contributed by atoms with Crippen molar-refractivity contribution >= 4 is 5.91 Å². The van der Waals surface area contributed by atoms with E-state index in [1.807, 2.05) is 6.07 Å². The minimum atomic E-state index is -0.627. The molecule has 1 atom stereocenters. The molecule has 2 aromatic rings. The van der Waals surface area contributed by atoms with Gasteiger partial charge in [0.2, 0.25) is 0 Å². The molecule has 7 nitrogen and oxygen atoms in total. The maximum Gasteiger partial charge on any atom is 0.271 e. The molecule has 0 saturated carbocycles. The van der Waals surface area contributed by atoms with Gasteiger partial charge < -0.3 is 15.2 Å². The molecule has 0 spiro atoms. The van der Waals surface area contributed by atoms with Gasteiger partial charge in [-0.15, -0.1) is 0 Å². The second kappa shape index (κ2) is 8.77. The summed E-state index contributed by atoms with van der Waals surface area (Å²) in [6.07, 6.45) is 4.29. The van der Waals surface area contributed by atoms with Crippen LogP contribution in [0.25, 0.3) is 0 Å². The average molecular weight is 382 g/mol. The van der Waals surface area contributed by atoms with E-state index in [0.717, 1.165) is 44.8 Å². The van der Waals surface area contributed by atoms with Crippen LogP contribution in [0, 0.1) is 5.92 Å². The largest absolute Gasteiger partial charge is 0.390 e. The lowest BCUT2D eigenvalue weighted by Crippen LogP contribution is -2.42. The fraction of sp³-hybridized carbons (Fsp3) is 0.476. The maximum atomic E-state index is 12.4. The molecule has 2 aliphatic heterocycles. The van der Waals surface area contributed by atoms with Crippen LogP contribution in [-0.2, 0) is 24.1 Å².